The molecule has 0 aromatic rings. The fraction of sp³-hybridized carbons (Fsp3) is 0.929. The van der Waals surface area contributed by atoms with Crippen molar-refractivity contribution in [3.8, 4) is 0 Å². The standard InChI is InChI=1S/C14H30N4O/c1-11-6-5-7-14(9-11,18(3)4)10-16-12(2)8-13(15)17-19/h11-12,16,19H,5-10H2,1-4H3,(H2,15,17). The van der Waals surface area contributed by atoms with E-state index in [0.717, 1.165) is 12.5 Å². The largest absolute Gasteiger partial charge is 0.409 e. The summed E-state index contributed by atoms with van der Waals surface area (Å²) in [6.07, 6.45) is 5.71. The molecule has 0 aromatic heterocycles. The van der Waals surface area contributed by atoms with Crippen LogP contribution in [0.25, 0.3) is 0 Å². The van der Waals surface area contributed by atoms with E-state index in [4.69, 9.17) is 10.9 Å². The van der Waals surface area contributed by atoms with E-state index in [-0.39, 0.29) is 17.4 Å². The monoisotopic (exact) mass is 270 g/mol. The molecule has 19 heavy (non-hydrogen) atoms. The first kappa shape index (κ1) is 16.2. The summed E-state index contributed by atoms with van der Waals surface area (Å²) in [7, 11) is 4.35. The number of nitrogens with one attached hydrogen (secondary N) is 1. The third-order valence-corrected chi connectivity index (χ3v) is 4.44. The third-order valence-electron chi connectivity index (χ3n) is 4.44. The zero-order valence-electron chi connectivity index (χ0n) is 12.8. The molecule has 1 aliphatic carbocycles. The molecule has 0 radical (unpaired) electrons. The number of rotatable bonds is 6. The molecule has 1 rings (SSSR count). The molecule has 0 aromatic carbocycles. The maximum atomic E-state index is 8.60. The molecule has 3 unspecified atom stereocenters. The second-order valence-corrected chi connectivity index (χ2v) is 6.40. The van der Waals surface area contributed by atoms with E-state index in [2.05, 4.69) is 43.3 Å². The number of oxime groups is 1. The van der Waals surface area contributed by atoms with Crippen molar-refractivity contribution in [1.82, 2.24) is 10.2 Å². The zero-order valence-corrected chi connectivity index (χ0v) is 12.8. The molecule has 1 fully saturated rings. The van der Waals surface area contributed by atoms with Crippen LogP contribution in [0.15, 0.2) is 5.16 Å². The van der Waals surface area contributed by atoms with Gasteiger partial charge in [0.05, 0.1) is 0 Å². The van der Waals surface area contributed by atoms with Gasteiger partial charge in [-0.15, -0.1) is 0 Å². The quantitative estimate of drug-likeness (QED) is 0.297. The van der Waals surface area contributed by atoms with Gasteiger partial charge in [0.1, 0.15) is 5.84 Å². The van der Waals surface area contributed by atoms with E-state index >= 15 is 0 Å². The summed E-state index contributed by atoms with van der Waals surface area (Å²) in [5.74, 6) is 1.08. The maximum Gasteiger partial charge on any atom is 0.140 e. The molecule has 1 saturated carbocycles. The van der Waals surface area contributed by atoms with Crippen LogP contribution in [0.3, 0.4) is 0 Å². The summed E-state index contributed by atoms with van der Waals surface area (Å²) < 4.78 is 0. The molecular formula is C14H30N4O. The highest BCUT2D eigenvalue weighted by Gasteiger charge is 2.36. The van der Waals surface area contributed by atoms with Crippen molar-refractivity contribution in [2.75, 3.05) is 20.6 Å². The molecule has 3 atom stereocenters. The fourth-order valence-corrected chi connectivity index (χ4v) is 3.15. The van der Waals surface area contributed by atoms with Crippen molar-refractivity contribution >= 4 is 5.84 Å². The van der Waals surface area contributed by atoms with Gasteiger partial charge in [-0.2, -0.15) is 0 Å². The fourth-order valence-electron chi connectivity index (χ4n) is 3.15. The maximum absolute atomic E-state index is 8.60. The van der Waals surface area contributed by atoms with Gasteiger partial charge in [0.2, 0.25) is 0 Å². The summed E-state index contributed by atoms with van der Waals surface area (Å²) in [6.45, 7) is 5.38. The highest BCUT2D eigenvalue weighted by molar-refractivity contribution is 5.80. The lowest BCUT2D eigenvalue weighted by atomic mass is 9.75. The van der Waals surface area contributed by atoms with Crippen LogP contribution in [0.4, 0.5) is 0 Å². The molecule has 0 bridgehead atoms. The Morgan fingerprint density at radius 2 is 2.26 bits per heavy atom. The predicted octanol–water partition coefficient (Wildman–Crippen LogP) is 1.61. The van der Waals surface area contributed by atoms with Gasteiger partial charge < -0.3 is 21.2 Å². The topological polar surface area (TPSA) is 73.9 Å². The van der Waals surface area contributed by atoms with Gasteiger partial charge in [-0.3, -0.25) is 0 Å². The van der Waals surface area contributed by atoms with Crippen molar-refractivity contribution in [3.63, 3.8) is 0 Å². The van der Waals surface area contributed by atoms with Crippen LogP contribution in [0.5, 0.6) is 0 Å². The van der Waals surface area contributed by atoms with E-state index in [1.807, 2.05) is 0 Å². The zero-order chi connectivity index (χ0) is 14.5. The van der Waals surface area contributed by atoms with Crippen molar-refractivity contribution in [1.29, 1.82) is 0 Å². The molecule has 112 valence electrons. The normalized spacial score (nSPS) is 30.6. The second kappa shape index (κ2) is 7.10. The molecular weight excluding hydrogens is 240 g/mol. The Morgan fingerprint density at radius 1 is 1.58 bits per heavy atom. The number of hydrogen-bond donors (Lipinski definition) is 3. The average Bonchev–Trinajstić information content (AvgIpc) is 2.36. The van der Waals surface area contributed by atoms with Gasteiger partial charge in [0, 0.05) is 24.5 Å². The highest BCUT2D eigenvalue weighted by atomic mass is 16.4. The molecule has 4 N–H and O–H groups in total. The number of nitrogens with zero attached hydrogens (tertiary/aromatic N) is 2. The van der Waals surface area contributed by atoms with Crippen molar-refractivity contribution in [2.24, 2.45) is 16.8 Å². The number of amidine groups is 1. The van der Waals surface area contributed by atoms with Crippen LogP contribution >= 0.6 is 0 Å². The smallest absolute Gasteiger partial charge is 0.140 e. The van der Waals surface area contributed by atoms with Gasteiger partial charge in [-0.25, -0.2) is 0 Å². The van der Waals surface area contributed by atoms with E-state index in [0.29, 0.717) is 6.42 Å². The first-order chi connectivity index (χ1) is 8.89. The lowest BCUT2D eigenvalue weighted by Gasteiger charge is -2.46. The van der Waals surface area contributed by atoms with Gasteiger partial charge in [-0.1, -0.05) is 24.9 Å². The molecule has 0 spiro atoms. The molecule has 0 heterocycles. The Kier molecular flexibility index (Phi) is 6.07. The molecule has 0 saturated heterocycles. The third kappa shape index (κ3) is 4.66. The molecule has 0 aliphatic heterocycles. The summed E-state index contributed by atoms with van der Waals surface area (Å²) in [6, 6.07) is 0.227. The van der Waals surface area contributed by atoms with Crippen LogP contribution in [0.1, 0.15) is 46.0 Å². The first-order valence-corrected chi connectivity index (χ1v) is 7.27. The Morgan fingerprint density at radius 3 is 2.79 bits per heavy atom. The van der Waals surface area contributed by atoms with E-state index in [1.165, 1.54) is 25.7 Å². The second-order valence-electron chi connectivity index (χ2n) is 6.40. The van der Waals surface area contributed by atoms with Gasteiger partial charge in [0.15, 0.2) is 0 Å². The lowest BCUT2D eigenvalue weighted by molar-refractivity contribution is 0.0730. The Hall–Kier alpha value is -0.810. The van der Waals surface area contributed by atoms with E-state index in [9.17, 15) is 0 Å². The summed E-state index contributed by atoms with van der Waals surface area (Å²) in [5, 5.41) is 15.2. The number of hydrogen-bond acceptors (Lipinski definition) is 4. The van der Waals surface area contributed by atoms with Crippen molar-refractivity contribution in [3.05, 3.63) is 0 Å². The summed E-state index contributed by atoms with van der Waals surface area (Å²) in [5.41, 5.74) is 5.79. The van der Waals surface area contributed by atoms with Crippen molar-refractivity contribution in [2.45, 2.75) is 57.5 Å². The minimum Gasteiger partial charge on any atom is -0.409 e. The van der Waals surface area contributed by atoms with Gasteiger partial charge in [-0.05, 0) is 39.8 Å². The van der Waals surface area contributed by atoms with Crippen LogP contribution in [-0.4, -0.2) is 48.2 Å². The van der Waals surface area contributed by atoms with Crippen LogP contribution in [-0.2, 0) is 0 Å². The highest BCUT2D eigenvalue weighted by Crippen LogP contribution is 2.35. The molecule has 5 nitrogen and oxygen atoms in total. The lowest BCUT2D eigenvalue weighted by Crippen LogP contribution is -2.55. The molecule has 5 heteroatoms. The van der Waals surface area contributed by atoms with Crippen LogP contribution in [0.2, 0.25) is 0 Å². The van der Waals surface area contributed by atoms with E-state index < -0.39 is 0 Å². The number of nitrogens with two attached hydrogens (primary N) is 1. The SMILES string of the molecule is CC1CCCC(CNC(C)CC(N)=NO)(N(C)C)C1. The van der Waals surface area contributed by atoms with Crippen LogP contribution in [0, 0.1) is 5.92 Å². The Labute approximate surface area is 117 Å². The number of likely N-dealkylation sites (N-methyl/N-ethyl adjacent to an activating group) is 1. The Bertz CT molecular complexity index is 306. The van der Waals surface area contributed by atoms with Gasteiger partial charge >= 0.3 is 0 Å². The minimum absolute atomic E-state index is 0.227. The average molecular weight is 270 g/mol. The molecule has 0 amide bonds. The molecule has 1 aliphatic rings. The Balaban J connectivity index is 2.55. The predicted molar refractivity (Wildman–Crippen MR) is 79.5 cm³/mol. The van der Waals surface area contributed by atoms with Crippen molar-refractivity contribution < 1.29 is 5.21 Å². The summed E-state index contributed by atoms with van der Waals surface area (Å²) >= 11 is 0. The minimum atomic E-state index is 0.227. The first-order valence-electron chi connectivity index (χ1n) is 7.27. The van der Waals surface area contributed by atoms with Crippen LogP contribution < -0.4 is 11.1 Å². The summed E-state index contributed by atoms with van der Waals surface area (Å²) in [4.78, 5) is 2.37. The van der Waals surface area contributed by atoms with E-state index in [1.54, 1.807) is 0 Å². The van der Waals surface area contributed by atoms with Gasteiger partial charge in [0.25, 0.3) is 0 Å².